The van der Waals surface area contributed by atoms with Crippen molar-refractivity contribution >= 4 is 22.8 Å². The number of rotatable bonds is 4. The molecule has 1 aromatic carbocycles. The summed E-state index contributed by atoms with van der Waals surface area (Å²) in [6.07, 6.45) is -5.26. The van der Waals surface area contributed by atoms with Gasteiger partial charge in [0.05, 0.1) is 17.6 Å². The number of hydrogen-bond acceptors (Lipinski definition) is 4. The van der Waals surface area contributed by atoms with Gasteiger partial charge in [-0.05, 0) is 43.5 Å². The second kappa shape index (κ2) is 7.99. The molecule has 1 aliphatic heterocycles. The molecule has 1 saturated heterocycles. The molecule has 6 nitrogen and oxygen atoms in total. The van der Waals surface area contributed by atoms with E-state index in [-0.39, 0.29) is 42.5 Å². The molecule has 2 aliphatic rings. The van der Waals surface area contributed by atoms with Gasteiger partial charge in [-0.3, -0.25) is 14.2 Å². The molecule has 1 N–H and O–H groups in total. The molecule has 0 spiro atoms. The van der Waals surface area contributed by atoms with E-state index < -0.39 is 46.4 Å². The number of carbonyl (C=O) groups excluding carboxylic acids is 1. The van der Waals surface area contributed by atoms with Crippen molar-refractivity contribution in [3.8, 4) is 5.69 Å². The van der Waals surface area contributed by atoms with Crippen LogP contribution in [-0.4, -0.2) is 46.4 Å². The van der Waals surface area contributed by atoms with Crippen LogP contribution in [0.2, 0.25) is 0 Å². The average molecular weight is 496 g/mol. The Kier molecular flexibility index (Phi) is 5.29. The van der Waals surface area contributed by atoms with E-state index in [9.17, 15) is 35.9 Å². The molecule has 12 heteroatoms. The zero-order valence-electron chi connectivity index (χ0n) is 18.0. The van der Waals surface area contributed by atoms with Gasteiger partial charge in [-0.2, -0.15) is 13.2 Å². The maximum absolute atomic E-state index is 14.7. The van der Waals surface area contributed by atoms with E-state index in [0.717, 1.165) is 22.9 Å². The Morgan fingerprint density at radius 2 is 1.89 bits per heavy atom. The first-order valence-corrected chi connectivity index (χ1v) is 10.8. The average Bonchev–Trinajstić information content (AvgIpc) is 3.46. The quantitative estimate of drug-likeness (QED) is 0.554. The highest BCUT2D eigenvalue weighted by Crippen LogP contribution is 2.49. The molecule has 3 heterocycles. The molecule has 35 heavy (non-hydrogen) atoms. The molecule has 1 atom stereocenters. The van der Waals surface area contributed by atoms with Gasteiger partial charge in [-0.25, -0.2) is 18.2 Å². The van der Waals surface area contributed by atoms with E-state index in [4.69, 9.17) is 0 Å². The third-order valence-corrected chi connectivity index (χ3v) is 6.35. The van der Waals surface area contributed by atoms with Crippen molar-refractivity contribution in [3.05, 3.63) is 63.9 Å². The summed E-state index contributed by atoms with van der Waals surface area (Å²) in [4.78, 5) is 31.9. The molecule has 1 saturated carbocycles. The second-order valence-corrected chi connectivity index (χ2v) is 8.74. The molecule has 184 valence electrons. The predicted octanol–water partition coefficient (Wildman–Crippen LogP) is 4.04. The fourth-order valence-electron chi connectivity index (χ4n) is 4.21. The Balaban J connectivity index is 1.68. The van der Waals surface area contributed by atoms with E-state index in [0.29, 0.717) is 18.4 Å². The highest BCUT2D eigenvalue weighted by atomic mass is 19.4. The normalized spacial score (nSPS) is 19.3. The van der Waals surface area contributed by atoms with Gasteiger partial charge in [0, 0.05) is 18.8 Å². The number of anilines is 1. The highest BCUT2D eigenvalue weighted by Gasteiger charge is 2.64. The van der Waals surface area contributed by atoms with Crippen LogP contribution >= 0.6 is 0 Å². The van der Waals surface area contributed by atoms with Gasteiger partial charge < -0.3 is 10.2 Å². The lowest BCUT2D eigenvalue weighted by Crippen LogP contribution is -2.48. The summed E-state index contributed by atoms with van der Waals surface area (Å²) in [5.41, 5.74) is -4.38. The van der Waals surface area contributed by atoms with Crippen LogP contribution in [0, 0.1) is 11.6 Å². The zero-order valence-corrected chi connectivity index (χ0v) is 18.0. The van der Waals surface area contributed by atoms with E-state index in [1.54, 1.807) is 4.90 Å². The molecule has 2 fully saturated rings. The van der Waals surface area contributed by atoms with Crippen molar-refractivity contribution in [2.45, 2.75) is 37.1 Å². The molecule has 0 radical (unpaired) electrons. The first-order chi connectivity index (χ1) is 16.5. The first-order valence-electron chi connectivity index (χ1n) is 10.8. The highest BCUT2D eigenvalue weighted by molar-refractivity contribution is 5.98. The molecule has 2 aromatic heterocycles. The molecular formula is C23H18F6N4O2. The molecule has 1 amide bonds. The molecule has 5 rings (SSSR count). The minimum Gasteiger partial charge on any atom is -0.354 e. The van der Waals surface area contributed by atoms with E-state index in [1.807, 2.05) is 5.32 Å². The lowest BCUT2D eigenvalue weighted by Gasteiger charge is -2.21. The monoisotopic (exact) mass is 496 g/mol. The van der Waals surface area contributed by atoms with Crippen LogP contribution in [-0.2, 0) is 0 Å². The number of alkyl halides is 4. The van der Waals surface area contributed by atoms with Crippen LogP contribution in [0.4, 0.5) is 32.2 Å². The minimum atomic E-state index is -4.71. The molecular weight excluding hydrogens is 478 g/mol. The lowest BCUT2D eigenvalue weighted by atomic mass is 10.1. The number of halogens is 6. The summed E-state index contributed by atoms with van der Waals surface area (Å²) in [6.45, 7) is 0.419. The van der Waals surface area contributed by atoms with Crippen LogP contribution in [0.1, 0.15) is 29.6 Å². The number of pyridine rings is 2. The Hall–Kier alpha value is -3.57. The number of amides is 1. The van der Waals surface area contributed by atoms with Gasteiger partial charge >= 0.3 is 6.18 Å². The van der Waals surface area contributed by atoms with Gasteiger partial charge in [0.15, 0.2) is 5.65 Å². The largest absolute Gasteiger partial charge is 0.411 e. The lowest BCUT2D eigenvalue weighted by molar-refractivity contribution is -0.163. The van der Waals surface area contributed by atoms with Crippen molar-refractivity contribution in [2.24, 2.45) is 0 Å². The van der Waals surface area contributed by atoms with Crippen molar-refractivity contribution in [1.82, 2.24) is 14.9 Å². The Morgan fingerprint density at radius 3 is 2.49 bits per heavy atom. The van der Waals surface area contributed by atoms with Gasteiger partial charge in [0.2, 0.25) is 5.43 Å². The van der Waals surface area contributed by atoms with Crippen LogP contribution < -0.4 is 15.6 Å². The zero-order chi connectivity index (χ0) is 25.1. The number of nitrogens with one attached hydrogen (secondary N) is 1. The number of aromatic nitrogens is 2. The van der Waals surface area contributed by atoms with Crippen LogP contribution in [0.5, 0.6) is 0 Å². The molecule has 1 aliphatic carbocycles. The van der Waals surface area contributed by atoms with Crippen molar-refractivity contribution in [3.63, 3.8) is 0 Å². The fraction of sp³-hybridized carbons (Fsp3) is 0.348. The van der Waals surface area contributed by atoms with Crippen LogP contribution in [0.25, 0.3) is 16.7 Å². The van der Waals surface area contributed by atoms with Crippen molar-refractivity contribution in [2.75, 3.05) is 18.0 Å². The summed E-state index contributed by atoms with van der Waals surface area (Å²) < 4.78 is 83.0. The summed E-state index contributed by atoms with van der Waals surface area (Å²) >= 11 is 0. The predicted molar refractivity (Wildman–Crippen MR) is 114 cm³/mol. The fourth-order valence-corrected chi connectivity index (χ4v) is 4.21. The maximum atomic E-state index is 14.7. The van der Waals surface area contributed by atoms with Gasteiger partial charge in [0.25, 0.3) is 5.91 Å². The first kappa shape index (κ1) is 23.2. The minimum absolute atomic E-state index is 0.0632. The topological polar surface area (TPSA) is 67.2 Å². The number of hydrogen-bond donors (Lipinski definition) is 1. The third-order valence-electron chi connectivity index (χ3n) is 6.35. The summed E-state index contributed by atoms with van der Waals surface area (Å²) in [7, 11) is 0. The maximum Gasteiger partial charge on any atom is 0.411 e. The third kappa shape index (κ3) is 4.00. The van der Waals surface area contributed by atoms with E-state index >= 15 is 0 Å². The number of carbonyl (C=O) groups is 1. The van der Waals surface area contributed by atoms with Crippen molar-refractivity contribution in [1.29, 1.82) is 0 Å². The van der Waals surface area contributed by atoms with E-state index in [2.05, 4.69) is 4.98 Å². The summed E-state index contributed by atoms with van der Waals surface area (Å²) in [5, 5.41) is 1.72. The van der Waals surface area contributed by atoms with Crippen molar-refractivity contribution < 1.29 is 31.1 Å². The summed E-state index contributed by atoms with van der Waals surface area (Å²) in [5.74, 6) is -2.91. The summed E-state index contributed by atoms with van der Waals surface area (Å²) in [6, 6.07) is 5.31. The Bertz CT molecular complexity index is 1400. The SMILES string of the molecule is O=C(NC1(C(F)(F)F)CC1)c1cn(-c2ccc(F)cc2F)c2nc(N3CC[C@H](F)C3)ccc2c1=O. The second-order valence-electron chi connectivity index (χ2n) is 8.74. The molecule has 3 aromatic rings. The number of fused-ring (bicyclic) bond motifs is 1. The van der Waals surface area contributed by atoms with Gasteiger partial charge in [-0.15, -0.1) is 0 Å². The van der Waals surface area contributed by atoms with Crippen LogP contribution in [0.3, 0.4) is 0 Å². The van der Waals surface area contributed by atoms with E-state index in [1.165, 1.54) is 12.1 Å². The van der Waals surface area contributed by atoms with Gasteiger partial charge in [-0.1, -0.05) is 0 Å². The van der Waals surface area contributed by atoms with Gasteiger partial charge in [0.1, 0.15) is 34.7 Å². The van der Waals surface area contributed by atoms with Crippen LogP contribution in [0.15, 0.2) is 41.3 Å². The number of nitrogens with zero attached hydrogens (tertiary/aromatic N) is 3. The molecule has 0 unspecified atom stereocenters. The number of benzene rings is 1. The molecule has 0 bridgehead atoms. The smallest absolute Gasteiger partial charge is 0.354 e. The standard InChI is InChI=1S/C23H18F6N4O2/c24-12-1-3-17(16(26)9-12)33-11-15(21(35)31-22(6-7-22)23(27,28)29)19(34)14-2-4-18(30-20(14)33)32-8-5-13(25)10-32/h1-4,9,11,13H,5-8,10H2,(H,31,35)/t13-/m0/s1. The Morgan fingerprint density at radius 1 is 1.14 bits per heavy atom. The Labute approximate surface area is 194 Å².